The van der Waals surface area contributed by atoms with Gasteiger partial charge in [0.2, 0.25) is 5.91 Å². The third-order valence-electron chi connectivity index (χ3n) is 4.97. The summed E-state index contributed by atoms with van der Waals surface area (Å²) < 4.78 is 1.72. The molecule has 2 fully saturated rings. The predicted molar refractivity (Wildman–Crippen MR) is 94.6 cm³/mol. The van der Waals surface area contributed by atoms with E-state index in [2.05, 4.69) is 25.5 Å². The first-order valence-electron chi connectivity index (χ1n) is 9.08. The van der Waals surface area contributed by atoms with Crippen LogP contribution in [0.1, 0.15) is 31.4 Å². The van der Waals surface area contributed by atoms with Gasteiger partial charge < -0.3 is 10.2 Å². The Bertz CT molecular complexity index is 736. The molecule has 0 aromatic carbocycles. The Morgan fingerprint density at radius 2 is 2.00 bits per heavy atom. The Kier molecular flexibility index (Phi) is 4.38. The van der Waals surface area contributed by atoms with Crippen LogP contribution in [0, 0.1) is 18.8 Å². The van der Waals surface area contributed by atoms with Crippen molar-refractivity contribution in [2.75, 3.05) is 24.5 Å². The van der Waals surface area contributed by atoms with E-state index in [0.29, 0.717) is 18.3 Å². The molecule has 3 heterocycles. The Labute approximate surface area is 147 Å². The topological polar surface area (TPSA) is 75.9 Å². The van der Waals surface area contributed by atoms with Gasteiger partial charge in [0.25, 0.3) is 0 Å². The summed E-state index contributed by atoms with van der Waals surface area (Å²) >= 11 is 0. The van der Waals surface area contributed by atoms with Crippen LogP contribution in [0.5, 0.6) is 0 Å². The average Bonchev–Trinajstić information content (AvgIpc) is 3.39. The van der Waals surface area contributed by atoms with E-state index in [0.717, 1.165) is 37.4 Å². The number of amides is 1. The SMILES string of the molecule is Cc1ccn(-c2ccc(N3CCC[C@H](C(=O)NCC4CC4)C3)nn2)n1. The Balaban J connectivity index is 1.39. The molecule has 2 aromatic rings. The number of nitrogens with one attached hydrogen (secondary N) is 1. The number of piperidine rings is 1. The molecule has 132 valence electrons. The molecule has 0 unspecified atom stereocenters. The second-order valence-electron chi connectivity index (χ2n) is 7.13. The highest BCUT2D eigenvalue weighted by molar-refractivity contribution is 5.79. The van der Waals surface area contributed by atoms with Crippen molar-refractivity contribution in [2.45, 2.75) is 32.6 Å². The Hall–Kier alpha value is -2.44. The van der Waals surface area contributed by atoms with E-state index in [4.69, 9.17) is 0 Å². The summed E-state index contributed by atoms with van der Waals surface area (Å²) in [7, 11) is 0. The molecule has 0 bridgehead atoms. The van der Waals surface area contributed by atoms with Gasteiger partial charge in [-0.15, -0.1) is 10.2 Å². The minimum Gasteiger partial charge on any atom is -0.356 e. The normalized spacial score (nSPS) is 20.5. The maximum absolute atomic E-state index is 12.4. The quantitative estimate of drug-likeness (QED) is 0.897. The first kappa shape index (κ1) is 16.1. The summed E-state index contributed by atoms with van der Waals surface area (Å²) in [6.45, 7) is 4.42. The van der Waals surface area contributed by atoms with Gasteiger partial charge in [-0.25, -0.2) is 4.68 Å². The maximum Gasteiger partial charge on any atom is 0.224 e. The summed E-state index contributed by atoms with van der Waals surface area (Å²) in [5, 5.41) is 16.1. The van der Waals surface area contributed by atoms with Crippen LogP contribution >= 0.6 is 0 Å². The van der Waals surface area contributed by atoms with Crippen molar-refractivity contribution in [1.29, 1.82) is 0 Å². The van der Waals surface area contributed by atoms with Gasteiger partial charge >= 0.3 is 0 Å². The van der Waals surface area contributed by atoms with Gasteiger partial charge in [0.05, 0.1) is 11.6 Å². The van der Waals surface area contributed by atoms with E-state index >= 15 is 0 Å². The fourth-order valence-corrected chi connectivity index (χ4v) is 3.26. The summed E-state index contributed by atoms with van der Waals surface area (Å²) in [4.78, 5) is 14.5. The van der Waals surface area contributed by atoms with E-state index < -0.39 is 0 Å². The number of aryl methyl sites for hydroxylation is 1. The second kappa shape index (κ2) is 6.82. The van der Waals surface area contributed by atoms with Crippen molar-refractivity contribution in [2.24, 2.45) is 11.8 Å². The van der Waals surface area contributed by atoms with Crippen LogP contribution in [0.15, 0.2) is 24.4 Å². The van der Waals surface area contributed by atoms with Crippen LogP contribution in [-0.2, 0) is 4.79 Å². The fourth-order valence-electron chi connectivity index (χ4n) is 3.26. The zero-order valence-electron chi connectivity index (χ0n) is 14.6. The highest BCUT2D eigenvalue weighted by Crippen LogP contribution is 2.28. The summed E-state index contributed by atoms with van der Waals surface area (Å²) in [5.41, 5.74) is 0.946. The smallest absolute Gasteiger partial charge is 0.224 e. The summed E-state index contributed by atoms with van der Waals surface area (Å²) in [6.07, 6.45) is 6.35. The molecule has 0 radical (unpaired) electrons. The zero-order valence-corrected chi connectivity index (χ0v) is 14.6. The minimum atomic E-state index is 0.0442. The third kappa shape index (κ3) is 3.81. The predicted octanol–water partition coefficient (Wildman–Crippen LogP) is 1.71. The zero-order chi connectivity index (χ0) is 17.2. The van der Waals surface area contributed by atoms with E-state index in [1.807, 2.05) is 31.3 Å². The van der Waals surface area contributed by atoms with Gasteiger partial charge in [-0.2, -0.15) is 5.10 Å². The number of carbonyl (C=O) groups excluding carboxylic acids is 1. The molecule has 1 saturated heterocycles. The highest BCUT2D eigenvalue weighted by atomic mass is 16.1. The summed E-state index contributed by atoms with van der Waals surface area (Å²) in [6, 6.07) is 5.82. The molecule has 4 rings (SSSR count). The lowest BCUT2D eigenvalue weighted by atomic mass is 9.97. The lowest BCUT2D eigenvalue weighted by Crippen LogP contribution is -2.43. The number of carbonyl (C=O) groups is 1. The van der Waals surface area contributed by atoms with Gasteiger partial charge in [0.15, 0.2) is 11.6 Å². The molecule has 1 amide bonds. The largest absolute Gasteiger partial charge is 0.356 e. The van der Waals surface area contributed by atoms with E-state index in [9.17, 15) is 4.79 Å². The van der Waals surface area contributed by atoms with E-state index in [1.165, 1.54) is 12.8 Å². The molecular formula is C18H24N6O. The molecule has 7 nitrogen and oxygen atoms in total. The standard InChI is InChI=1S/C18H24N6O/c1-13-8-10-24(22-13)17-7-6-16(20-21-17)23-9-2-3-15(12-23)18(25)19-11-14-4-5-14/h6-8,10,14-15H,2-5,9,11-12H2,1H3,(H,19,25)/t15-/m0/s1. The first-order chi connectivity index (χ1) is 12.2. The second-order valence-corrected chi connectivity index (χ2v) is 7.13. The fraction of sp³-hybridized carbons (Fsp3) is 0.556. The molecule has 1 atom stereocenters. The lowest BCUT2D eigenvalue weighted by molar-refractivity contribution is -0.125. The number of hydrogen-bond acceptors (Lipinski definition) is 5. The molecular weight excluding hydrogens is 316 g/mol. The number of aromatic nitrogens is 4. The Morgan fingerprint density at radius 1 is 1.20 bits per heavy atom. The number of nitrogens with zero attached hydrogens (tertiary/aromatic N) is 5. The van der Waals surface area contributed by atoms with Crippen LogP contribution in [-0.4, -0.2) is 45.5 Å². The van der Waals surface area contributed by atoms with Crippen molar-refractivity contribution in [3.63, 3.8) is 0 Å². The number of hydrogen-bond donors (Lipinski definition) is 1. The first-order valence-corrected chi connectivity index (χ1v) is 9.08. The molecule has 1 aliphatic heterocycles. The molecule has 7 heteroatoms. The van der Waals surface area contributed by atoms with Crippen LogP contribution < -0.4 is 10.2 Å². The van der Waals surface area contributed by atoms with Crippen LogP contribution in [0.2, 0.25) is 0 Å². The molecule has 1 aliphatic carbocycles. The molecule has 1 saturated carbocycles. The van der Waals surface area contributed by atoms with Crippen molar-refractivity contribution < 1.29 is 4.79 Å². The molecule has 0 spiro atoms. The van der Waals surface area contributed by atoms with E-state index in [-0.39, 0.29) is 11.8 Å². The average molecular weight is 340 g/mol. The van der Waals surface area contributed by atoms with Gasteiger partial charge in [-0.3, -0.25) is 4.79 Å². The van der Waals surface area contributed by atoms with Crippen molar-refractivity contribution in [3.8, 4) is 5.82 Å². The van der Waals surface area contributed by atoms with Crippen molar-refractivity contribution in [3.05, 3.63) is 30.1 Å². The van der Waals surface area contributed by atoms with Gasteiger partial charge in [-0.05, 0) is 56.7 Å². The number of rotatable bonds is 5. The van der Waals surface area contributed by atoms with Crippen molar-refractivity contribution >= 4 is 11.7 Å². The van der Waals surface area contributed by atoms with Crippen LogP contribution in [0.3, 0.4) is 0 Å². The lowest BCUT2D eigenvalue weighted by Gasteiger charge is -2.32. The van der Waals surface area contributed by atoms with Crippen molar-refractivity contribution in [1.82, 2.24) is 25.3 Å². The number of anilines is 1. The molecule has 1 N–H and O–H groups in total. The molecule has 2 aromatic heterocycles. The molecule has 25 heavy (non-hydrogen) atoms. The van der Waals surface area contributed by atoms with Gasteiger partial charge in [0.1, 0.15) is 0 Å². The van der Waals surface area contributed by atoms with Crippen LogP contribution in [0.4, 0.5) is 5.82 Å². The monoisotopic (exact) mass is 340 g/mol. The molecule has 2 aliphatic rings. The Morgan fingerprint density at radius 3 is 2.68 bits per heavy atom. The van der Waals surface area contributed by atoms with Gasteiger partial charge in [-0.1, -0.05) is 0 Å². The van der Waals surface area contributed by atoms with E-state index in [1.54, 1.807) is 4.68 Å². The minimum absolute atomic E-state index is 0.0442. The summed E-state index contributed by atoms with van der Waals surface area (Å²) in [5.74, 6) is 2.48. The third-order valence-corrected chi connectivity index (χ3v) is 4.97. The maximum atomic E-state index is 12.4. The highest BCUT2D eigenvalue weighted by Gasteiger charge is 2.28. The van der Waals surface area contributed by atoms with Gasteiger partial charge in [0, 0.05) is 25.8 Å². The van der Waals surface area contributed by atoms with Crippen LogP contribution in [0.25, 0.3) is 5.82 Å².